The number of β-amino-alcohol motifs (C(OH)–C–C–N with tert-alkyl or cyclic N) is 1. The van der Waals surface area contributed by atoms with E-state index in [-0.39, 0.29) is 24.4 Å². The number of urea groups is 1. The van der Waals surface area contributed by atoms with E-state index in [0.29, 0.717) is 18.5 Å². The second kappa shape index (κ2) is 6.49. The molecule has 2 atom stereocenters. The summed E-state index contributed by atoms with van der Waals surface area (Å²) in [7, 11) is 0. The Morgan fingerprint density at radius 1 is 1.53 bits per heavy atom. The third-order valence-corrected chi connectivity index (χ3v) is 3.11. The Bertz CT molecular complexity index is 442. The molecule has 4 N–H and O–H groups in total. The maximum atomic E-state index is 12.9. The van der Waals surface area contributed by atoms with Crippen LogP contribution in [0, 0.1) is 5.82 Å². The van der Waals surface area contributed by atoms with Crippen molar-refractivity contribution in [2.45, 2.75) is 25.1 Å². The quantitative estimate of drug-likeness (QED) is 0.638. The minimum Gasteiger partial charge on any atom is -0.390 e. The number of halogens is 1. The fourth-order valence-electron chi connectivity index (χ4n) is 2.06. The van der Waals surface area contributed by atoms with Crippen LogP contribution in [0.25, 0.3) is 0 Å². The molecule has 5 nitrogen and oxygen atoms in total. The van der Waals surface area contributed by atoms with E-state index in [2.05, 4.69) is 16.0 Å². The number of piperidine rings is 1. The monoisotopic (exact) mass is 267 g/mol. The highest BCUT2D eigenvalue weighted by molar-refractivity contribution is 5.74. The number of hydrogen-bond donors (Lipinski definition) is 4. The van der Waals surface area contributed by atoms with Gasteiger partial charge in [0.05, 0.1) is 12.1 Å². The minimum absolute atomic E-state index is 0.242. The van der Waals surface area contributed by atoms with Crippen LogP contribution in [0.2, 0.25) is 0 Å². The molecular weight excluding hydrogens is 249 g/mol. The van der Waals surface area contributed by atoms with Crippen molar-refractivity contribution >= 4 is 6.03 Å². The van der Waals surface area contributed by atoms with Gasteiger partial charge in [-0.05, 0) is 30.7 Å². The van der Waals surface area contributed by atoms with Crippen molar-refractivity contribution in [1.82, 2.24) is 16.0 Å². The van der Waals surface area contributed by atoms with Crippen molar-refractivity contribution in [3.63, 3.8) is 0 Å². The van der Waals surface area contributed by atoms with Gasteiger partial charge in [-0.1, -0.05) is 12.1 Å². The van der Waals surface area contributed by atoms with E-state index < -0.39 is 6.10 Å². The molecule has 6 heteroatoms. The first-order valence-electron chi connectivity index (χ1n) is 6.33. The summed E-state index contributed by atoms with van der Waals surface area (Å²) in [5.41, 5.74) is 0.695. The van der Waals surface area contributed by atoms with E-state index >= 15 is 0 Å². The zero-order valence-corrected chi connectivity index (χ0v) is 10.5. The Hall–Kier alpha value is -1.66. The third-order valence-electron chi connectivity index (χ3n) is 3.11. The summed E-state index contributed by atoms with van der Waals surface area (Å²) in [5, 5.41) is 18.1. The Balaban J connectivity index is 1.78. The average Bonchev–Trinajstić information content (AvgIpc) is 2.39. The molecule has 1 saturated heterocycles. The summed E-state index contributed by atoms with van der Waals surface area (Å²) in [4.78, 5) is 11.7. The van der Waals surface area contributed by atoms with E-state index in [9.17, 15) is 14.3 Å². The Morgan fingerprint density at radius 2 is 2.37 bits per heavy atom. The van der Waals surface area contributed by atoms with Gasteiger partial charge < -0.3 is 21.1 Å². The molecule has 0 aromatic heterocycles. The molecule has 0 radical (unpaired) electrons. The van der Waals surface area contributed by atoms with Gasteiger partial charge in [0.1, 0.15) is 5.82 Å². The smallest absolute Gasteiger partial charge is 0.315 e. The molecule has 0 unspecified atom stereocenters. The number of carbonyl (C=O) groups is 1. The lowest BCUT2D eigenvalue weighted by Gasteiger charge is -2.29. The first-order valence-corrected chi connectivity index (χ1v) is 6.33. The highest BCUT2D eigenvalue weighted by Crippen LogP contribution is 2.04. The summed E-state index contributed by atoms with van der Waals surface area (Å²) in [6.45, 7) is 1.51. The molecule has 1 heterocycles. The topological polar surface area (TPSA) is 73.4 Å². The van der Waals surface area contributed by atoms with Crippen molar-refractivity contribution in [3.05, 3.63) is 35.6 Å². The number of carbonyl (C=O) groups excluding carboxylic acids is 1. The van der Waals surface area contributed by atoms with Gasteiger partial charge in [0.25, 0.3) is 0 Å². The lowest BCUT2D eigenvalue weighted by Crippen LogP contribution is -2.54. The number of aliphatic hydroxyl groups excluding tert-OH is 1. The predicted molar refractivity (Wildman–Crippen MR) is 69.1 cm³/mol. The van der Waals surface area contributed by atoms with Gasteiger partial charge in [-0.3, -0.25) is 0 Å². The predicted octanol–water partition coefficient (Wildman–Crippen LogP) is 0.348. The van der Waals surface area contributed by atoms with Crippen molar-refractivity contribution in [3.8, 4) is 0 Å². The molecule has 0 bridgehead atoms. The van der Waals surface area contributed by atoms with Crippen LogP contribution in [0.4, 0.5) is 9.18 Å². The summed E-state index contributed by atoms with van der Waals surface area (Å²) >= 11 is 0. The van der Waals surface area contributed by atoms with Crippen molar-refractivity contribution in [2.75, 3.05) is 13.1 Å². The van der Waals surface area contributed by atoms with Crippen LogP contribution >= 0.6 is 0 Å². The molecule has 2 amide bonds. The fraction of sp³-hybridized carbons (Fsp3) is 0.462. The lowest BCUT2D eigenvalue weighted by atomic mass is 10.0. The number of rotatable bonds is 3. The van der Waals surface area contributed by atoms with Crippen LogP contribution in [0.15, 0.2) is 24.3 Å². The van der Waals surface area contributed by atoms with Crippen LogP contribution in [0.3, 0.4) is 0 Å². The van der Waals surface area contributed by atoms with Gasteiger partial charge in [0, 0.05) is 13.1 Å². The van der Waals surface area contributed by atoms with E-state index in [1.165, 1.54) is 12.1 Å². The largest absolute Gasteiger partial charge is 0.390 e. The first-order chi connectivity index (χ1) is 9.15. The summed E-state index contributed by atoms with van der Waals surface area (Å²) < 4.78 is 12.9. The Kier molecular flexibility index (Phi) is 4.70. The second-order valence-electron chi connectivity index (χ2n) is 4.62. The number of hydrogen-bond acceptors (Lipinski definition) is 3. The first kappa shape index (κ1) is 13.8. The SMILES string of the molecule is O=C(NCc1cccc(F)c1)N[C@@H]1CCNC[C@H]1O. The zero-order chi connectivity index (χ0) is 13.7. The number of aliphatic hydroxyl groups is 1. The molecular formula is C13H18FN3O2. The van der Waals surface area contributed by atoms with Gasteiger partial charge in [-0.15, -0.1) is 0 Å². The van der Waals surface area contributed by atoms with Crippen molar-refractivity contribution in [2.24, 2.45) is 0 Å². The number of nitrogens with one attached hydrogen (secondary N) is 3. The summed E-state index contributed by atoms with van der Waals surface area (Å²) in [6.07, 6.45) is 0.114. The number of benzene rings is 1. The molecule has 0 saturated carbocycles. The molecule has 0 aliphatic carbocycles. The van der Waals surface area contributed by atoms with E-state index in [0.717, 1.165) is 6.54 Å². The molecule has 1 aliphatic rings. The van der Waals surface area contributed by atoms with Crippen molar-refractivity contribution in [1.29, 1.82) is 0 Å². The maximum absolute atomic E-state index is 12.9. The summed E-state index contributed by atoms with van der Waals surface area (Å²) in [5.74, 6) is -0.325. The second-order valence-corrected chi connectivity index (χ2v) is 4.62. The van der Waals surface area contributed by atoms with Crippen LogP contribution in [0.5, 0.6) is 0 Å². The molecule has 1 fully saturated rings. The molecule has 1 aliphatic heterocycles. The zero-order valence-electron chi connectivity index (χ0n) is 10.5. The van der Waals surface area contributed by atoms with E-state index in [4.69, 9.17) is 0 Å². The van der Waals surface area contributed by atoms with Crippen LogP contribution in [-0.2, 0) is 6.54 Å². The van der Waals surface area contributed by atoms with E-state index in [1.807, 2.05) is 0 Å². The molecule has 104 valence electrons. The summed E-state index contributed by atoms with van der Waals surface area (Å²) in [6, 6.07) is 5.47. The Labute approximate surface area is 111 Å². The standard InChI is InChI=1S/C13H18FN3O2/c14-10-3-1-2-9(6-10)7-16-13(19)17-11-4-5-15-8-12(11)18/h1-3,6,11-12,15,18H,4-5,7-8H2,(H2,16,17,19)/t11-,12-/m1/s1. The van der Waals surface area contributed by atoms with Gasteiger partial charge in [-0.2, -0.15) is 0 Å². The van der Waals surface area contributed by atoms with E-state index in [1.54, 1.807) is 12.1 Å². The third kappa shape index (κ3) is 4.18. The molecule has 1 aromatic rings. The molecule has 19 heavy (non-hydrogen) atoms. The minimum atomic E-state index is -0.575. The lowest BCUT2D eigenvalue weighted by molar-refractivity contribution is 0.106. The maximum Gasteiger partial charge on any atom is 0.315 e. The Morgan fingerprint density at radius 3 is 3.11 bits per heavy atom. The molecule has 1 aromatic carbocycles. The van der Waals surface area contributed by atoms with Gasteiger partial charge in [-0.25, -0.2) is 9.18 Å². The van der Waals surface area contributed by atoms with Gasteiger partial charge in [0.15, 0.2) is 0 Å². The van der Waals surface area contributed by atoms with Gasteiger partial charge in [0.2, 0.25) is 0 Å². The van der Waals surface area contributed by atoms with Crippen LogP contribution in [0.1, 0.15) is 12.0 Å². The fourth-order valence-corrected chi connectivity index (χ4v) is 2.06. The van der Waals surface area contributed by atoms with Crippen LogP contribution < -0.4 is 16.0 Å². The molecule has 2 rings (SSSR count). The van der Waals surface area contributed by atoms with Crippen molar-refractivity contribution < 1.29 is 14.3 Å². The normalized spacial score (nSPS) is 22.8. The van der Waals surface area contributed by atoms with Gasteiger partial charge >= 0.3 is 6.03 Å². The average molecular weight is 267 g/mol. The highest BCUT2D eigenvalue weighted by atomic mass is 19.1. The van der Waals surface area contributed by atoms with Crippen LogP contribution in [-0.4, -0.2) is 36.4 Å². The number of amides is 2. The highest BCUT2D eigenvalue weighted by Gasteiger charge is 2.23. The molecule has 0 spiro atoms.